The zero-order valence-electron chi connectivity index (χ0n) is 3.24. The van der Waals surface area contributed by atoms with Gasteiger partial charge in [0, 0.05) is 13.2 Å². The van der Waals surface area contributed by atoms with Gasteiger partial charge in [-0.1, -0.05) is 0 Å². The summed E-state index contributed by atoms with van der Waals surface area (Å²) in [4.78, 5) is 0. The van der Waals surface area contributed by atoms with Gasteiger partial charge in [0.05, 0.1) is 0 Å². The SMILES string of the molecule is C1CCOC1.[NaH]. The molecule has 32 valence electrons. The summed E-state index contributed by atoms with van der Waals surface area (Å²) in [6.07, 6.45) is 2.56. The molecule has 1 fully saturated rings. The van der Waals surface area contributed by atoms with Crippen molar-refractivity contribution in [2.24, 2.45) is 0 Å². The van der Waals surface area contributed by atoms with Crippen LogP contribution in [-0.2, 0) is 4.74 Å². The molecule has 0 aromatic rings. The van der Waals surface area contributed by atoms with Crippen LogP contribution in [0.25, 0.3) is 0 Å². The molecule has 0 N–H and O–H groups in total. The summed E-state index contributed by atoms with van der Waals surface area (Å²) in [6.45, 7) is 2.00. The summed E-state index contributed by atoms with van der Waals surface area (Å²) >= 11 is 0. The Hall–Kier alpha value is 0.960. The molecule has 0 spiro atoms. The van der Waals surface area contributed by atoms with Crippen LogP contribution in [0.5, 0.6) is 0 Å². The predicted molar refractivity (Wildman–Crippen MR) is 27.2 cm³/mol. The van der Waals surface area contributed by atoms with Crippen LogP contribution in [0.3, 0.4) is 0 Å². The fraction of sp³-hybridized carbons (Fsp3) is 1.00. The molecule has 0 saturated carbocycles. The fourth-order valence-electron chi connectivity index (χ4n) is 0.510. The molecule has 0 bridgehead atoms. The van der Waals surface area contributed by atoms with Gasteiger partial charge in [0.25, 0.3) is 0 Å². The summed E-state index contributed by atoms with van der Waals surface area (Å²) in [6, 6.07) is 0. The Morgan fingerprint density at radius 1 is 1.00 bits per heavy atom. The van der Waals surface area contributed by atoms with Crippen LogP contribution in [0.2, 0.25) is 0 Å². The van der Waals surface area contributed by atoms with Crippen molar-refractivity contribution in [2.45, 2.75) is 12.8 Å². The van der Waals surface area contributed by atoms with Crippen molar-refractivity contribution in [3.63, 3.8) is 0 Å². The Kier molecular flexibility index (Phi) is 4.79. The van der Waals surface area contributed by atoms with Crippen molar-refractivity contribution in [1.82, 2.24) is 0 Å². The molecule has 0 aromatic heterocycles. The summed E-state index contributed by atoms with van der Waals surface area (Å²) in [5, 5.41) is 0. The maximum absolute atomic E-state index is 4.94. The van der Waals surface area contributed by atoms with Gasteiger partial charge in [0.2, 0.25) is 0 Å². The minimum absolute atomic E-state index is 0. The molecule has 0 aromatic carbocycles. The zero-order valence-corrected chi connectivity index (χ0v) is 3.24. The van der Waals surface area contributed by atoms with Gasteiger partial charge in [0.1, 0.15) is 0 Å². The molecular weight excluding hydrogens is 87.0 g/mol. The van der Waals surface area contributed by atoms with Gasteiger partial charge < -0.3 is 4.74 Å². The third kappa shape index (κ3) is 2.19. The molecule has 1 aliphatic rings. The van der Waals surface area contributed by atoms with Gasteiger partial charge in [-0.3, -0.25) is 0 Å². The van der Waals surface area contributed by atoms with Crippen molar-refractivity contribution in [1.29, 1.82) is 0 Å². The second kappa shape index (κ2) is 4.13. The molecule has 1 heterocycles. The minimum atomic E-state index is 0. The monoisotopic (exact) mass is 96.1 g/mol. The van der Waals surface area contributed by atoms with Crippen LogP contribution < -0.4 is 0 Å². The van der Waals surface area contributed by atoms with Crippen molar-refractivity contribution in [3.8, 4) is 0 Å². The Morgan fingerprint density at radius 2 is 1.50 bits per heavy atom. The van der Waals surface area contributed by atoms with E-state index in [4.69, 9.17) is 4.74 Å². The van der Waals surface area contributed by atoms with E-state index in [9.17, 15) is 0 Å². The molecule has 0 unspecified atom stereocenters. The van der Waals surface area contributed by atoms with Gasteiger partial charge >= 0.3 is 29.6 Å². The Bertz CT molecular complexity index is 19.1. The first-order valence-corrected chi connectivity index (χ1v) is 2.08. The zero-order chi connectivity index (χ0) is 3.54. The molecular formula is C4H9NaO. The Labute approximate surface area is 60.4 Å². The summed E-state index contributed by atoms with van der Waals surface area (Å²) in [7, 11) is 0. The first kappa shape index (κ1) is 6.96. The average molecular weight is 96.1 g/mol. The molecule has 0 aliphatic carbocycles. The van der Waals surface area contributed by atoms with Gasteiger partial charge in [0.15, 0.2) is 0 Å². The van der Waals surface area contributed by atoms with E-state index >= 15 is 0 Å². The average Bonchev–Trinajstić information content (AvgIpc) is 1.76. The van der Waals surface area contributed by atoms with Gasteiger partial charge in [-0.25, -0.2) is 0 Å². The summed E-state index contributed by atoms with van der Waals surface area (Å²) in [5.41, 5.74) is 0. The van der Waals surface area contributed by atoms with Crippen LogP contribution in [0.15, 0.2) is 0 Å². The Morgan fingerprint density at radius 3 is 1.67 bits per heavy atom. The van der Waals surface area contributed by atoms with Crippen LogP contribution in [0.4, 0.5) is 0 Å². The number of hydrogen-bond acceptors (Lipinski definition) is 1. The maximum atomic E-state index is 4.94. The molecule has 1 saturated heterocycles. The second-order valence-corrected chi connectivity index (χ2v) is 1.32. The predicted octanol–water partition coefficient (Wildman–Crippen LogP) is 0.148. The third-order valence-corrected chi connectivity index (χ3v) is 0.827. The molecule has 2 heteroatoms. The number of rotatable bonds is 0. The quantitative estimate of drug-likeness (QED) is 0.390. The topological polar surface area (TPSA) is 9.23 Å². The van der Waals surface area contributed by atoms with Gasteiger partial charge in [-0.15, -0.1) is 0 Å². The molecule has 1 nitrogen and oxygen atoms in total. The summed E-state index contributed by atoms with van der Waals surface area (Å²) in [5.74, 6) is 0. The third-order valence-electron chi connectivity index (χ3n) is 0.827. The normalized spacial score (nSPS) is 20.0. The van der Waals surface area contributed by atoms with E-state index < -0.39 is 0 Å². The van der Waals surface area contributed by atoms with Gasteiger partial charge in [-0.05, 0) is 12.8 Å². The molecule has 0 amide bonds. The molecule has 1 rings (SSSR count). The number of hydrogen-bond donors (Lipinski definition) is 0. The van der Waals surface area contributed by atoms with E-state index in [2.05, 4.69) is 0 Å². The molecule has 0 radical (unpaired) electrons. The van der Waals surface area contributed by atoms with Crippen molar-refractivity contribution in [2.75, 3.05) is 13.2 Å². The first-order valence-electron chi connectivity index (χ1n) is 2.08. The van der Waals surface area contributed by atoms with Crippen LogP contribution in [0.1, 0.15) is 12.8 Å². The van der Waals surface area contributed by atoms with E-state index in [-0.39, 0.29) is 29.6 Å². The van der Waals surface area contributed by atoms with E-state index in [0.29, 0.717) is 0 Å². The van der Waals surface area contributed by atoms with Gasteiger partial charge in [-0.2, -0.15) is 0 Å². The fourth-order valence-corrected chi connectivity index (χ4v) is 0.510. The van der Waals surface area contributed by atoms with Crippen molar-refractivity contribution < 1.29 is 4.74 Å². The van der Waals surface area contributed by atoms with Crippen LogP contribution in [-0.4, -0.2) is 42.8 Å². The molecule has 0 atom stereocenters. The van der Waals surface area contributed by atoms with Crippen molar-refractivity contribution >= 4 is 29.6 Å². The molecule has 1 aliphatic heterocycles. The summed E-state index contributed by atoms with van der Waals surface area (Å²) < 4.78 is 4.94. The standard InChI is InChI=1S/C4H8O.Na.H/c1-2-4-5-3-1;;/h1-4H2;;. The first-order chi connectivity index (χ1) is 2.50. The van der Waals surface area contributed by atoms with E-state index in [0.717, 1.165) is 13.2 Å². The Balaban J connectivity index is 0.000000250. The molecule has 6 heavy (non-hydrogen) atoms. The van der Waals surface area contributed by atoms with Crippen LogP contribution >= 0.6 is 0 Å². The number of ether oxygens (including phenoxy) is 1. The van der Waals surface area contributed by atoms with Crippen LogP contribution in [0, 0.1) is 0 Å². The van der Waals surface area contributed by atoms with E-state index in [1.54, 1.807) is 0 Å². The van der Waals surface area contributed by atoms with E-state index in [1.165, 1.54) is 12.8 Å². The van der Waals surface area contributed by atoms with E-state index in [1.807, 2.05) is 0 Å². The van der Waals surface area contributed by atoms with Crippen molar-refractivity contribution in [3.05, 3.63) is 0 Å². The second-order valence-electron chi connectivity index (χ2n) is 1.32.